The molecule has 0 bridgehead atoms. The van der Waals surface area contributed by atoms with E-state index in [9.17, 15) is 18.0 Å². The Morgan fingerprint density at radius 3 is 1.80 bits per heavy atom. The molecule has 7 heteroatoms. The van der Waals surface area contributed by atoms with Gasteiger partial charge in [-0.3, -0.25) is 4.79 Å². The number of ketones is 1. The average Bonchev–Trinajstić information content (AvgIpc) is 2.96. The second-order valence-electron chi connectivity index (χ2n) is 5.83. The van der Waals surface area contributed by atoms with Gasteiger partial charge in [-0.15, -0.1) is 0 Å². The van der Waals surface area contributed by atoms with Crippen LogP contribution in [0.5, 0.6) is 0 Å². The topological polar surface area (TPSA) is 66.4 Å². The number of carbonyl (C=O) groups excluding carboxylic acids is 1. The zero-order valence-electron chi connectivity index (χ0n) is 10.9. The predicted molar refractivity (Wildman–Crippen MR) is 64.0 cm³/mol. The van der Waals surface area contributed by atoms with Crippen molar-refractivity contribution in [3.8, 4) is 0 Å². The standard InChI is InChI=1S/C11H17NO.C2HF3O2/c13-11(7-1-2-7)8-3-9-5-12-6-10(9)4-8;3-2(4,5)1(6)7/h7-10,12H,1-6H2;(H,6,7)/t8?,9-,10+;. The Kier molecular flexibility index (Phi) is 4.36. The number of aliphatic carboxylic acids is 1. The molecule has 20 heavy (non-hydrogen) atoms. The summed E-state index contributed by atoms with van der Waals surface area (Å²) in [6.45, 7) is 2.33. The molecule has 1 aliphatic heterocycles. The second-order valence-corrected chi connectivity index (χ2v) is 5.83. The third-order valence-electron chi connectivity index (χ3n) is 4.28. The smallest absolute Gasteiger partial charge is 0.475 e. The molecule has 1 heterocycles. The Balaban J connectivity index is 0.000000182. The van der Waals surface area contributed by atoms with E-state index in [1.807, 2.05) is 0 Å². The molecule has 0 aromatic heterocycles. The predicted octanol–water partition coefficient (Wildman–Crippen LogP) is 1.84. The maximum absolute atomic E-state index is 11.8. The van der Waals surface area contributed by atoms with Crippen molar-refractivity contribution in [3.63, 3.8) is 0 Å². The number of hydrogen-bond donors (Lipinski definition) is 2. The molecule has 3 fully saturated rings. The van der Waals surface area contributed by atoms with Crippen molar-refractivity contribution >= 4 is 11.8 Å². The molecule has 3 rings (SSSR count). The van der Waals surface area contributed by atoms with E-state index in [1.54, 1.807) is 0 Å². The molecule has 2 N–H and O–H groups in total. The van der Waals surface area contributed by atoms with Crippen molar-refractivity contribution in [2.24, 2.45) is 23.7 Å². The summed E-state index contributed by atoms with van der Waals surface area (Å²) in [5, 5.41) is 10.5. The normalized spacial score (nSPS) is 32.2. The molecule has 2 saturated carbocycles. The van der Waals surface area contributed by atoms with Crippen molar-refractivity contribution in [1.29, 1.82) is 0 Å². The number of nitrogens with one attached hydrogen (secondary N) is 1. The summed E-state index contributed by atoms with van der Waals surface area (Å²) in [4.78, 5) is 20.7. The quantitative estimate of drug-likeness (QED) is 0.815. The van der Waals surface area contributed by atoms with Gasteiger partial charge in [0, 0.05) is 11.8 Å². The summed E-state index contributed by atoms with van der Waals surface area (Å²) in [6, 6.07) is 0. The van der Waals surface area contributed by atoms with Gasteiger partial charge in [-0.2, -0.15) is 13.2 Å². The third-order valence-corrected chi connectivity index (χ3v) is 4.28. The minimum Gasteiger partial charge on any atom is -0.475 e. The number of Topliss-reactive ketones (excluding diaryl/α,β-unsaturated/α-hetero) is 1. The Morgan fingerprint density at radius 1 is 1.00 bits per heavy atom. The molecule has 0 amide bonds. The lowest BCUT2D eigenvalue weighted by molar-refractivity contribution is -0.192. The number of alkyl halides is 3. The number of hydrogen-bond acceptors (Lipinski definition) is 3. The molecule has 0 spiro atoms. The van der Waals surface area contributed by atoms with Crippen molar-refractivity contribution in [1.82, 2.24) is 5.32 Å². The Hall–Kier alpha value is -1.11. The van der Waals surface area contributed by atoms with Gasteiger partial charge >= 0.3 is 12.1 Å². The summed E-state index contributed by atoms with van der Waals surface area (Å²) in [5.41, 5.74) is 0. The van der Waals surface area contributed by atoms with Crippen molar-refractivity contribution in [2.75, 3.05) is 13.1 Å². The van der Waals surface area contributed by atoms with Crippen LogP contribution < -0.4 is 5.32 Å². The van der Waals surface area contributed by atoms with Crippen molar-refractivity contribution < 1.29 is 27.9 Å². The van der Waals surface area contributed by atoms with E-state index in [0.29, 0.717) is 17.6 Å². The molecule has 3 aliphatic rings. The zero-order chi connectivity index (χ0) is 14.9. The molecule has 4 nitrogen and oxygen atoms in total. The number of carboxylic acid groups (broad SMARTS) is 1. The Bertz CT molecular complexity index is 381. The van der Waals surface area contributed by atoms with Gasteiger partial charge in [-0.1, -0.05) is 0 Å². The molecule has 3 atom stereocenters. The van der Waals surface area contributed by atoms with Crippen LogP contribution in [0.15, 0.2) is 0 Å². The van der Waals surface area contributed by atoms with Crippen LogP contribution in [0.3, 0.4) is 0 Å². The molecule has 114 valence electrons. The van der Waals surface area contributed by atoms with E-state index < -0.39 is 12.1 Å². The van der Waals surface area contributed by atoms with Gasteiger partial charge in [0.05, 0.1) is 0 Å². The zero-order valence-corrected chi connectivity index (χ0v) is 10.9. The van der Waals surface area contributed by atoms with Crippen LogP contribution in [0, 0.1) is 23.7 Å². The van der Waals surface area contributed by atoms with Crippen LogP contribution in [-0.2, 0) is 9.59 Å². The van der Waals surface area contributed by atoms with Crippen LogP contribution in [-0.4, -0.2) is 36.1 Å². The molecule has 1 saturated heterocycles. The van der Waals surface area contributed by atoms with Crippen molar-refractivity contribution in [3.05, 3.63) is 0 Å². The molecular formula is C13H18F3NO3. The van der Waals surface area contributed by atoms with E-state index in [0.717, 1.165) is 11.8 Å². The van der Waals surface area contributed by atoms with Gasteiger partial charge in [0.2, 0.25) is 0 Å². The first-order chi connectivity index (χ1) is 9.29. The van der Waals surface area contributed by atoms with Gasteiger partial charge in [0.1, 0.15) is 5.78 Å². The summed E-state index contributed by atoms with van der Waals surface area (Å²) in [6.07, 6.45) is -0.341. The van der Waals surface area contributed by atoms with Crippen LogP contribution in [0.4, 0.5) is 13.2 Å². The van der Waals surface area contributed by atoms with Crippen LogP contribution in [0.25, 0.3) is 0 Å². The van der Waals surface area contributed by atoms with Gasteiger partial charge in [0.15, 0.2) is 0 Å². The highest BCUT2D eigenvalue weighted by atomic mass is 19.4. The van der Waals surface area contributed by atoms with E-state index >= 15 is 0 Å². The van der Waals surface area contributed by atoms with Gasteiger partial charge in [-0.05, 0) is 50.6 Å². The number of rotatable bonds is 2. The fourth-order valence-electron chi connectivity index (χ4n) is 3.10. The highest BCUT2D eigenvalue weighted by Crippen LogP contribution is 2.43. The first kappa shape index (κ1) is 15.3. The lowest BCUT2D eigenvalue weighted by Crippen LogP contribution is -2.21. The first-order valence-corrected chi connectivity index (χ1v) is 6.83. The Labute approximate surface area is 114 Å². The van der Waals surface area contributed by atoms with E-state index in [2.05, 4.69) is 5.32 Å². The van der Waals surface area contributed by atoms with Crippen LogP contribution in [0.1, 0.15) is 25.7 Å². The summed E-state index contributed by atoms with van der Waals surface area (Å²) < 4.78 is 31.7. The van der Waals surface area contributed by atoms with Gasteiger partial charge < -0.3 is 10.4 Å². The molecule has 0 radical (unpaired) electrons. The minimum atomic E-state index is -5.08. The SMILES string of the molecule is O=C(C1CC1)C1C[C@H]2CNC[C@H]2C1.O=C(O)C(F)(F)F. The molecule has 2 aliphatic carbocycles. The maximum Gasteiger partial charge on any atom is 0.490 e. The minimum absolute atomic E-state index is 0.449. The molecular weight excluding hydrogens is 275 g/mol. The highest BCUT2D eigenvalue weighted by molar-refractivity contribution is 5.85. The van der Waals surface area contributed by atoms with Crippen LogP contribution >= 0.6 is 0 Å². The number of carboxylic acids is 1. The highest BCUT2D eigenvalue weighted by Gasteiger charge is 2.43. The lowest BCUT2D eigenvalue weighted by Gasteiger charge is -2.08. The number of fused-ring (bicyclic) bond motifs is 1. The lowest BCUT2D eigenvalue weighted by atomic mass is 9.97. The van der Waals surface area contributed by atoms with E-state index in [4.69, 9.17) is 9.90 Å². The average molecular weight is 293 g/mol. The maximum atomic E-state index is 11.8. The largest absolute Gasteiger partial charge is 0.490 e. The number of halogens is 3. The Morgan fingerprint density at radius 2 is 1.45 bits per heavy atom. The van der Waals surface area contributed by atoms with Gasteiger partial charge in [0.25, 0.3) is 0 Å². The molecule has 0 aromatic carbocycles. The molecule has 1 unspecified atom stereocenters. The van der Waals surface area contributed by atoms with Crippen LogP contribution in [0.2, 0.25) is 0 Å². The van der Waals surface area contributed by atoms with Gasteiger partial charge in [-0.25, -0.2) is 4.79 Å². The van der Waals surface area contributed by atoms with E-state index in [1.165, 1.54) is 38.8 Å². The summed E-state index contributed by atoms with van der Waals surface area (Å²) in [7, 11) is 0. The molecule has 0 aromatic rings. The summed E-state index contributed by atoms with van der Waals surface area (Å²) in [5.74, 6) is 0.434. The number of carbonyl (C=O) groups is 2. The second kappa shape index (κ2) is 5.71. The third kappa shape index (κ3) is 3.71. The fourth-order valence-corrected chi connectivity index (χ4v) is 3.10. The van der Waals surface area contributed by atoms with Crippen molar-refractivity contribution in [2.45, 2.75) is 31.9 Å². The van der Waals surface area contributed by atoms with E-state index in [-0.39, 0.29) is 0 Å². The first-order valence-electron chi connectivity index (χ1n) is 6.83. The monoisotopic (exact) mass is 293 g/mol. The summed E-state index contributed by atoms with van der Waals surface area (Å²) >= 11 is 0. The fraction of sp³-hybridized carbons (Fsp3) is 0.846.